The third kappa shape index (κ3) is 1.61. The van der Waals surface area contributed by atoms with Gasteiger partial charge in [-0.3, -0.25) is 4.79 Å². The Morgan fingerprint density at radius 2 is 2.00 bits per heavy atom. The van der Waals surface area contributed by atoms with Gasteiger partial charge in [0.2, 0.25) is 0 Å². The molecule has 0 aliphatic carbocycles. The van der Waals surface area contributed by atoms with Crippen LogP contribution in [-0.4, -0.2) is 18.5 Å². The van der Waals surface area contributed by atoms with Crippen molar-refractivity contribution in [2.45, 2.75) is 26.3 Å². The minimum Gasteiger partial charge on any atom is -0.369 e. The molecule has 86 valence electrons. The summed E-state index contributed by atoms with van der Waals surface area (Å²) in [6.45, 7) is 5.80. The number of anilines is 2. The van der Waals surface area contributed by atoms with E-state index in [1.807, 2.05) is 40.0 Å². The van der Waals surface area contributed by atoms with Gasteiger partial charge in [0.1, 0.15) is 5.54 Å². The molecule has 0 unspecified atom stereocenters. The maximum atomic E-state index is 12.1. The number of likely N-dealkylation sites (N-methyl/N-ethyl adjacent to an activating group) is 1. The first kappa shape index (κ1) is 11.5. The number of nitrogens with one attached hydrogen (secondary N) is 1. The third-order valence-electron chi connectivity index (χ3n) is 2.85. The maximum Gasteiger partial charge on any atom is 0.251 e. The van der Waals surface area contributed by atoms with Crippen LogP contribution < -0.4 is 10.2 Å². The van der Waals surface area contributed by atoms with E-state index >= 15 is 0 Å². The lowest BCUT2D eigenvalue weighted by atomic mass is 9.98. The molecule has 0 saturated carbocycles. The molecule has 2 rings (SSSR count). The number of fused-ring (bicyclic) bond motifs is 1. The number of aryl methyl sites for hydroxylation is 1. The first-order chi connectivity index (χ1) is 7.33. The number of halogens is 1. The molecule has 0 radical (unpaired) electrons. The van der Waals surface area contributed by atoms with Crippen molar-refractivity contribution in [3.05, 3.63) is 22.2 Å². The van der Waals surface area contributed by atoms with Gasteiger partial charge in [-0.2, -0.15) is 0 Å². The molecule has 0 aromatic heterocycles. The number of hydrogen-bond donors (Lipinski definition) is 1. The molecule has 0 spiro atoms. The average molecular weight is 283 g/mol. The van der Waals surface area contributed by atoms with Gasteiger partial charge in [-0.1, -0.05) is 0 Å². The van der Waals surface area contributed by atoms with E-state index < -0.39 is 5.54 Å². The molecular formula is C12H15BrN2O. The van der Waals surface area contributed by atoms with Crippen molar-refractivity contribution < 1.29 is 4.79 Å². The Morgan fingerprint density at radius 3 is 2.62 bits per heavy atom. The summed E-state index contributed by atoms with van der Waals surface area (Å²) in [6.07, 6.45) is 0. The second-order valence-electron chi connectivity index (χ2n) is 4.76. The molecule has 1 heterocycles. The van der Waals surface area contributed by atoms with E-state index in [2.05, 4.69) is 21.2 Å². The van der Waals surface area contributed by atoms with E-state index in [4.69, 9.17) is 0 Å². The molecule has 3 nitrogen and oxygen atoms in total. The summed E-state index contributed by atoms with van der Waals surface area (Å²) in [6, 6.07) is 4.06. The van der Waals surface area contributed by atoms with Crippen LogP contribution in [0.5, 0.6) is 0 Å². The second kappa shape index (κ2) is 3.48. The Kier molecular flexibility index (Phi) is 2.49. The Morgan fingerprint density at radius 1 is 1.38 bits per heavy atom. The number of carbonyl (C=O) groups is 1. The van der Waals surface area contributed by atoms with Crippen LogP contribution in [0.25, 0.3) is 0 Å². The van der Waals surface area contributed by atoms with Crippen molar-refractivity contribution >= 4 is 33.2 Å². The van der Waals surface area contributed by atoms with Crippen LogP contribution in [0.3, 0.4) is 0 Å². The highest BCUT2D eigenvalue weighted by molar-refractivity contribution is 9.10. The third-order valence-corrected chi connectivity index (χ3v) is 3.48. The molecule has 0 saturated heterocycles. The fourth-order valence-electron chi connectivity index (χ4n) is 2.01. The molecule has 4 heteroatoms. The van der Waals surface area contributed by atoms with Crippen molar-refractivity contribution in [3.8, 4) is 0 Å². The van der Waals surface area contributed by atoms with Crippen molar-refractivity contribution in [2.75, 3.05) is 17.3 Å². The van der Waals surface area contributed by atoms with Gasteiger partial charge in [-0.25, -0.2) is 0 Å². The predicted octanol–water partition coefficient (Wildman–Crippen LogP) is 2.92. The maximum absolute atomic E-state index is 12.1. The topological polar surface area (TPSA) is 32.3 Å². The summed E-state index contributed by atoms with van der Waals surface area (Å²) in [5.74, 6) is 0.0810. The SMILES string of the molecule is Cc1cc(Br)c2c(c1)N(C)C(=O)C(C)(C)N2. The molecule has 1 aliphatic heterocycles. The molecule has 1 amide bonds. The summed E-state index contributed by atoms with van der Waals surface area (Å²) >= 11 is 3.53. The largest absolute Gasteiger partial charge is 0.369 e. The number of nitrogens with zero attached hydrogens (tertiary/aromatic N) is 1. The highest BCUT2D eigenvalue weighted by Gasteiger charge is 2.37. The highest BCUT2D eigenvalue weighted by atomic mass is 79.9. The number of rotatable bonds is 0. The van der Waals surface area contributed by atoms with Crippen molar-refractivity contribution in [3.63, 3.8) is 0 Å². The summed E-state index contributed by atoms with van der Waals surface area (Å²) in [4.78, 5) is 13.8. The first-order valence-electron chi connectivity index (χ1n) is 5.19. The second-order valence-corrected chi connectivity index (χ2v) is 5.61. The van der Waals surface area contributed by atoms with Crippen LogP contribution in [0.15, 0.2) is 16.6 Å². The zero-order chi connectivity index (χ0) is 12.1. The van der Waals surface area contributed by atoms with Crippen LogP contribution in [0, 0.1) is 6.92 Å². The fraction of sp³-hybridized carbons (Fsp3) is 0.417. The van der Waals surface area contributed by atoms with E-state index in [0.29, 0.717) is 0 Å². The van der Waals surface area contributed by atoms with E-state index in [0.717, 1.165) is 21.4 Å². The summed E-state index contributed by atoms with van der Waals surface area (Å²) in [5, 5.41) is 3.27. The quantitative estimate of drug-likeness (QED) is 0.794. The Balaban J connectivity index is 2.64. The molecule has 1 N–H and O–H groups in total. The van der Waals surface area contributed by atoms with Gasteiger partial charge in [-0.15, -0.1) is 0 Å². The smallest absolute Gasteiger partial charge is 0.251 e. The van der Waals surface area contributed by atoms with Gasteiger partial charge in [0, 0.05) is 11.5 Å². The van der Waals surface area contributed by atoms with Gasteiger partial charge in [-0.05, 0) is 54.4 Å². The first-order valence-corrected chi connectivity index (χ1v) is 5.99. The Bertz CT molecular complexity index is 468. The molecular weight excluding hydrogens is 268 g/mol. The fourth-order valence-corrected chi connectivity index (χ4v) is 2.67. The molecule has 1 aliphatic rings. The zero-order valence-corrected chi connectivity index (χ0v) is 11.5. The normalized spacial score (nSPS) is 18.1. The zero-order valence-electron chi connectivity index (χ0n) is 9.89. The summed E-state index contributed by atoms with van der Waals surface area (Å²) < 4.78 is 0.995. The molecule has 0 bridgehead atoms. The summed E-state index contributed by atoms with van der Waals surface area (Å²) in [7, 11) is 1.82. The molecule has 1 aromatic carbocycles. The van der Waals surface area contributed by atoms with Gasteiger partial charge in [0.05, 0.1) is 11.4 Å². The summed E-state index contributed by atoms with van der Waals surface area (Å²) in [5.41, 5.74) is 2.49. The van der Waals surface area contributed by atoms with E-state index in [1.165, 1.54) is 0 Å². The molecule has 16 heavy (non-hydrogen) atoms. The number of carbonyl (C=O) groups excluding carboxylic acids is 1. The Labute approximate surface area is 104 Å². The van der Waals surface area contributed by atoms with Gasteiger partial charge in [0.25, 0.3) is 5.91 Å². The molecule has 0 atom stereocenters. The van der Waals surface area contributed by atoms with Crippen molar-refractivity contribution in [1.82, 2.24) is 0 Å². The lowest BCUT2D eigenvalue weighted by Gasteiger charge is -2.38. The predicted molar refractivity (Wildman–Crippen MR) is 70.0 cm³/mol. The number of amides is 1. The van der Waals surface area contributed by atoms with E-state index in [-0.39, 0.29) is 5.91 Å². The standard InChI is InChI=1S/C12H15BrN2O/c1-7-5-8(13)10-9(6-7)15(4)11(16)12(2,3)14-10/h5-6,14H,1-4H3. The van der Waals surface area contributed by atoms with Gasteiger partial charge in [0.15, 0.2) is 0 Å². The Hall–Kier alpha value is -1.03. The number of benzene rings is 1. The molecule has 1 aromatic rings. The van der Waals surface area contributed by atoms with Crippen LogP contribution in [-0.2, 0) is 4.79 Å². The highest BCUT2D eigenvalue weighted by Crippen LogP contribution is 2.40. The molecule has 0 fully saturated rings. The van der Waals surface area contributed by atoms with Crippen LogP contribution in [0.4, 0.5) is 11.4 Å². The van der Waals surface area contributed by atoms with Crippen LogP contribution in [0.1, 0.15) is 19.4 Å². The lowest BCUT2D eigenvalue weighted by molar-refractivity contribution is -0.121. The van der Waals surface area contributed by atoms with E-state index in [1.54, 1.807) is 4.90 Å². The minimum atomic E-state index is -0.556. The monoisotopic (exact) mass is 282 g/mol. The van der Waals surface area contributed by atoms with Gasteiger partial charge < -0.3 is 10.2 Å². The van der Waals surface area contributed by atoms with Crippen molar-refractivity contribution in [1.29, 1.82) is 0 Å². The average Bonchev–Trinajstić information content (AvgIpc) is 2.17. The van der Waals surface area contributed by atoms with Gasteiger partial charge >= 0.3 is 0 Å². The van der Waals surface area contributed by atoms with Crippen LogP contribution in [0.2, 0.25) is 0 Å². The lowest BCUT2D eigenvalue weighted by Crippen LogP contribution is -2.52. The minimum absolute atomic E-state index is 0.0810. The van der Waals surface area contributed by atoms with Crippen LogP contribution >= 0.6 is 15.9 Å². The van der Waals surface area contributed by atoms with Crippen molar-refractivity contribution in [2.24, 2.45) is 0 Å². The number of hydrogen-bond acceptors (Lipinski definition) is 2. The van der Waals surface area contributed by atoms with E-state index in [9.17, 15) is 4.79 Å².